The summed E-state index contributed by atoms with van der Waals surface area (Å²) in [6.07, 6.45) is 0. The van der Waals surface area contributed by atoms with Crippen LogP contribution in [0.4, 0.5) is 34.1 Å². The molecular weight excluding hydrogens is 1100 g/mol. The zero-order chi connectivity index (χ0) is 59.7. The number of hydrogen-bond donors (Lipinski definition) is 0. The SMILES string of the molecule is c1ccc(-c2cccc(-c3ccc(-c4cccc(-c5ccccc5)c4)c4nc(-c5ccc(N(c6ccccc6)c6ccc(-c7nc8ccccc8o7)cc6)cc5)c(-c5ccc(N(c6ccccc6)c6ccc(-c7nc8ccccc8o7)cc6)cc5)nc34)c2)cc1. The Bertz CT molecular complexity index is 4810. The molecule has 13 aromatic carbocycles. The molecule has 3 heterocycles. The molecule has 0 unspecified atom stereocenters. The topological polar surface area (TPSA) is 84.3 Å². The van der Waals surface area contributed by atoms with Crippen molar-refractivity contribution in [2.24, 2.45) is 0 Å². The average molecular weight is 1160 g/mol. The molecule has 16 aromatic rings. The van der Waals surface area contributed by atoms with Crippen LogP contribution in [-0.4, -0.2) is 19.9 Å². The Morgan fingerprint density at radius 2 is 0.511 bits per heavy atom. The Kier molecular flexibility index (Phi) is 13.7. The Morgan fingerprint density at radius 1 is 0.211 bits per heavy atom. The Balaban J connectivity index is 0.856. The summed E-state index contributed by atoms with van der Waals surface area (Å²) < 4.78 is 12.4. The molecule has 16 rings (SSSR count). The first-order valence-electron chi connectivity index (χ1n) is 30.1. The van der Waals surface area contributed by atoms with E-state index in [4.69, 9.17) is 28.8 Å². The van der Waals surface area contributed by atoms with Gasteiger partial charge in [-0.1, -0.05) is 194 Å². The number of benzene rings is 13. The van der Waals surface area contributed by atoms with Gasteiger partial charge in [0.1, 0.15) is 11.0 Å². The van der Waals surface area contributed by atoms with Gasteiger partial charge < -0.3 is 18.6 Å². The van der Waals surface area contributed by atoms with Crippen molar-refractivity contribution in [1.82, 2.24) is 19.9 Å². The summed E-state index contributed by atoms with van der Waals surface area (Å²) in [5.74, 6) is 1.16. The molecule has 0 bridgehead atoms. The molecule has 0 aliphatic heterocycles. The summed E-state index contributed by atoms with van der Waals surface area (Å²) in [6.45, 7) is 0. The Morgan fingerprint density at radius 3 is 0.878 bits per heavy atom. The third-order valence-electron chi connectivity index (χ3n) is 16.5. The smallest absolute Gasteiger partial charge is 0.227 e. The fraction of sp³-hybridized carbons (Fsp3) is 0. The van der Waals surface area contributed by atoms with Gasteiger partial charge in [0.25, 0.3) is 0 Å². The van der Waals surface area contributed by atoms with Gasteiger partial charge in [-0.3, -0.25) is 0 Å². The van der Waals surface area contributed by atoms with Crippen LogP contribution in [0.2, 0.25) is 0 Å². The first kappa shape index (κ1) is 53.2. The van der Waals surface area contributed by atoms with Crippen LogP contribution in [0.1, 0.15) is 0 Å². The molecule has 0 aliphatic carbocycles. The van der Waals surface area contributed by atoms with Gasteiger partial charge in [-0.15, -0.1) is 0 Å². The normalized spacial score (nSPS) is 11.3. The summed E-state index contributed by atoms with van der Waals surface area (Å²) in [5, 5.41) is 0. The third kappa shape index (κ3) is 10.3. The van der Waals surface area contributed by atoms with Crippen molar-refractivity contribution in [1.29, 1.82) is 0 Å². The molecule has 0 fully saturated rings. The Hall–Kier alpha value is -12.3. The van der Waals surface area contributed by atoms with E-state index in [9.17, 15) is 0 Å². The molecule has 0 saturated carbocycles. The van der Waals surface area contributed by atoms with Crippen LogP contribution in [0, 0.1) is 0 Å². The number of hydrogen-bond acceptors (Lipinski definition) is 8. The summed E-state index contributed by atoms with van der Waals surface area (Å²) >= 11 is 0. The molecule has 8 nitrogen and oxygen atoms in total. The number of rotatable bonds is 14. The quantitative estimate of drug-likeness (QED) is 0.106. The van der Waals surface area contributed by atoms with Gasteiger partial charge in [-0.25, -0.2) is 19.9 Å². The Labute approximate surface area is 520 Å². The maximum Gasteiger partial charge on any atom is 0.227 e. The molecule has 8 heteroatoms. The number of anilines is 6. The van der Waals surface area contributed by atoms with Gasteiger partial charge >= 0.3 is 0 Å². The molecule has 0 radical (unpaired) electrons. The van der Waals surface area contributed by atoms with Gasteiger partial charge in [-0.2, -0.15) is 0 Å². The maximum absolute atomic E-state index is 6.19. The van der Waals surface area contributed by atoms with Crippen molar-refractivity contribution in [3.8, 4) is 89.9 Å². The standard InChI is InChI=1S/C82H54N6O2/c1-5-19-55(20-6-1)61-23-17-25-63(53-61)71-51-52-72(64-26-18-24-62(54-64)56-21-7-2-8-22-56)80-79(71)85-77(57-35-43-67(44-36-57)87(65-27-9-3-10-28-65)69-47-39-59(40-48-69)81-83-73-31-13-15-33-75(73)89-81)78(86-80)58-37-45-68(46-38-58)88(66-29-11-4-12-30-66)70-49-41-60(42-50-70)82-84-74-32-14-16-34-76(74)90-82/h1-54H. The fourth-order valence-electron chi connectivity index (χ4n) is 12.1. The van der Waals surface area contributed by atoms with Crippen molar-refractivity contribution in [2.45, 2.75) is 0 Å². The summed E-state index contributed by atoms with van der Waals surface area (Å²) in [6, 6.07) is 114. The van der Waals surface area contributed by atoms with Crippen LogP contribution in [0.3, 0.4) is 0 Å². The lowest BCUT2D eigenvalue weighted by molar-refractivity contribution is 0.619. The lowest BCUT2D eigenvalue weighted by Crippen LogP contribution is -2.10. The number of para-hydroxylation sites is 6. The average Bonchev–Trinajstić information content (AvgIpc) is 1.16. The van der Waals surface area contributed by atoms with E-state index in [-0.39, 0.29) is 0 Å². The van der Waals surface area contributed by atoms with E-state index >= 15 is 0 Å². The van der Waals surface area contributed by atoms with E-state index in [1.54, 1.807) is 0 Å². The number of nitrogens with zero attached hydrogens (tertiary/aromatic N) is 6. The minimum absolute atomic E-state index is 0.581. The molecular formula is C82H54N6O2. The van der Waals surface area contributed by atoms with E-state index < -0.39 is 0 Å². The molecule has 0 N–H and O–H groups in total. The second kappa shape index (κ2) is 23.2. The zero-order valence-corrected chi connectivity index (χ0v) is 48.7. The minimum atomic E-state index is 0.581. The zero-order valence-electron chi connectivity index (χ0n) is 48.7. The van der Waals surface area contributed by atoms with E-state index in [1.165, 1.54) is 0 Å². The van der Waals surface area contributed by atoms with Crippen molar-refractivity contribution in [3.63, 3.8) is 0 Å². The molecule has 0 saturated heterocycles. The van der Waals surface area contributed by atoms with Crippen molar-refractivity contribution in [2.75, 3.05) is 9.80 Å². The second-order valence-corrected chi connectivity index (χ2v) is 22.2. The molecule has 90 heavy (non-hydrogen) atoms. The predicted octanol–water partition coefficient (Wildman–Crippen LogP) is 22.2. The number of aromatic nitrogens is 4. The van der Waals surface area contributed by atoms with Crippen LogP contribution in [-0.2, 0) is 0 Å². The monoisotopic (exact) mass is 1150 g/mol. The number of fused-ring (bicyclic) bond motifs is 3. The van der Waals surface area contributed by atoms with Crippen LogP contribution >= 0.6 is 0 Å². The number of oxazole rings is 2. The van der Waals surface area contributed by atoms with Crippen LogP contribution < -0.4 is 9.80 Å². The molecule has 0 amide bonds. The van der Waals surface area contributed by atoms with Gasteiger partial charge in [0.15, 0.2) is 11.2 Å². The first-order chi connectivity index (χ1) is 44.6. The van der Waals surface area contributed by atoms with Crippen LogP contribution in [0.25, 0.3) is 123 Å². The highest BCUT2D eigenvalue weighted by Crippen LogP contribution is 2.44. The van der Waals surface area contributed by atoms with Crippen LogP contribution in [0.15, 0.2) is 336 Å². The van der Waals surface area contributed by atoms with Crippen molar-refractivity contribution >= 4 is 67.4 Å². The first-order valence-corrected chi connectivity index (χ1v) is 30.1. The molecule has 0 aliphatic rings. The highest BCUT2D eigenvalue weighted by Gasteiger charge is 2.23. The largest absolute Gasteiger partial charge is 0.436 e. The fourth-order valence-corrected chi connectivity index (χ4v) is 12.1. The van der Waals surface area contributed by atoms with Gasteiger partial charge in [-0.05, 0) is 167 Å². The second-order valence-electron chi connectivity index (χ2n) is 22.2. The summed E-state index contributed by atoms with van der Waals surface area (Å²) in [4.78, 5) is 25.9. The van der Waals surface area contributed by atoms with E-state index in [1.807, 2.05) is 60.7 Å². The molecule has 3 aromatic heterocycles. The molecule has 424 valence electrons. The molecule has 0 atom stereocenters. The predicted molar refractivity (Wildman–Crippen MR) is 368 cm³/mol. The molecule has 0 spiro atoms. The van der Waals surface area contributed by atoms with Crippen molar-refractivity contribution < 1.29 is 8.83 Å². The van der Waals surface area contributed by atoms with Gasteiger partial charge in [0, 0.05) is 67.5 Å². The lowest BCUT2D eigenvalue weighted by atomic mass is 9.93. The summed E-state index contributed by atoms with van der Waals surface area (Å²) in [5.41, 5.74) is 24.4. The third-order valence-corrected chi connectivity index (χ3v) is 16.5. The van der Waals surface area contributed by atoms with E-state index in [2.05, 4.69) is 277 Å². The van der Waals surface area contributed by atoms with Crippen LogP contribution in [0.5, 0.6) is 0 Å². The van der Waals surface area contributed by atoms with Gasteiger partial charge in [0.2, 0.25) is 11.8 Å². The van der Waals surface area contributed by atoms with Gasteiger partial charge in [0.05, 0.1) is 22.4 Å². The van der Waals surface area contributed by atoms with Crippen molar-refractivity contribution in [3.05, 3.63) is 328 Å². The maximum atomic E-state index is 6.19. The van der Waals surface area contributed by atoms with E-state index in [0.717, 1.165) is 146 Å². The minimum Gasteiger partial charge on any atom is -0.436 e. The summed E-state index contributed by atoms with van der Waals surface area (Å²) in [7, 11) is 0. The van der Waals surface area contributed by atoms with E-state index in [0.29, 0.717) is 11.8 Å². The lowest BCUT2D eigenvalue weighted by Gasteiger charge is -2.26. The highest BCUT2D eigenvalue weighted by molar-refractivity contribution is 6.04. The highest BCUT2D eigenvalue weighted by atomic mass is 16.4.